The maximum Gasteiger partial charge on any atom is 0.327 e. The topological polar surface area (TPSA) is 85.0 Å². The molecule has 0 aliphatic carbocycles. The van der Waals surface area contributed by atoms with Crippen molar-refractivity contribution in [2.45, 2.75) is 30.5 Å². The van der Waals surface area contributed by atoms with Gasteiger partial charge < -0.3 is 9.80 Å². The number of fused-ring (bicyclic) bond motifs is 1. The molecule has 3 aliphatic rings. The lowest BCUT2D eigenvalue weighted by Crippen LogP contribution is -2.72. The first-order valence-corrected chi connectivity index (χ1v) is 11.1. The molecule has 0 aromatic heterocycles. The predicted molar refractivity (Wildman–Crippen MR) is 111 cm³/mol. The molecule has 0 bridgehead atoms. The van der Waals surface area contributed by atoms with Crippen LogP contribution in [0, 0.1) is 11.7 Å². The maximum atomic E-state index is 13.4. The van der Waals surface area contributed by atoms with Gasteiger partial charge in [-0.2, -0.15) is 0 Å². The van der Waals surface area contributed by atoms with Gasteiger partial charge in [0.25, 0.3) is 0 Å². The average molecular weight is 436 g/mol. The Morgan fingerprint density at radius 2 is 1.80 bits per heavy atom. The van der Waals surface area contributed by atoms with Gasteiger partial charge in [0.2, 0.25) is 11.8 Å². The number of halogens is 1. The number of urea groups is 1. The molecular weight excluding hydrogens is 409 g/mol. The third-order valence-electron chi connectivity index (χ3n) is 6.00. The number of nitrogens with zero attached hydrogens (tertiary/aromatic N) is 3. The summed E-state index contributed by atoms with van der Waals surface area (Å²) in [5, 5.41) is 6.32. The summed E-state index contributed by atoms with van der Waals surface area (Å²) in [6.07, 6.45) is 1.13. The molecule has 3 saturated heterocycles. The lowest BCUT2D eigenvalue weighted by molar-refractivity contribution is -0.140. The number of carbonyl (C=O) groups excluding carboxylic acids is 3. The lowest BCUT2D eigenvalue weighted by Gasteiger charge is -2.50. The van der Waals surface area contributed by atoms with Gasteiger partial charge in [-0.05, 0) is 30.5 Å². The first-order valence-electron chi connectivity index (χ1n) is 10.1. The van der Waals surface area contributed by atoms with E-state index in [0.29, 0.717) is 0 Å². The Balaban J connectivity index is 1.56. The normalized spacial score (nSPS) is 29.4. The molecule has 2 N–H and O–H groups in total. The Hall–Kier alpha value is -2.17. The predicted octanol–water partition coefficient (Wildman–Crippen LogP) is 1.16. The van der Waals surface area contributed by atoms with Crippen LogP contribution < -0.4 is 10.6 Å². The Morgan fingerprint density at radius 1 is 1.13 bits per heavy atom. The van der Waals surface area contributed by atoms with E-state index in [9.17, 15) is 18.8 Å². The summed E-state index contributed by atoms with van der Waals surface area (Å²) in [6, 6.07) is 5.69. The fourth-order valence-electron chi connectivity index (χ4n) is 4.27. The lowest BCUT2D eigenvalue weighted by atomic mass is 9.96. The van der Waals surface area contributed by atoms with Gasteiger partial charge in [0.1, 0.15) is 5.82 Å². The van der Waals surface area contributed by atoms with Crippen molar-refractivity contribution in [1.82, 2.24) is 25.3 Å². The van der Waals surface area contributed by atoms with Gasteiger partial charge in [0.15, 0.2) is 0 Å². The van der Waals surface area contributed by atoms with Crippen LogP contribution in [0.25, 0.3) is 0 Å². The largest absolute Gasteiger partial charge is 0.342 e. The van der Waals surface area contributed by atoms with Gasteiger partial charge in [-0.15, -0.1) is 11.8 Å². The first kappa shape index (κ1) is 21.1. The van der Waals surface area contributed by atoms with E-state index >= 15 is 0 Å². The number of hydrogen-bond donors (Lipinski definition) is 2. The van der Waals surface area contributed by atoms with Crippen molar-refractivity contribution in [2.24, 2.45) is 5.92 Å². The highest BCUT2D eigenvalue weighted by Crippen LogP contribution is 2.34. The Morgan fingerprint density at radius 3 is 2.47 bits per heavy atom. The molecule has 1 aromatic carbocycles. The summed E-state index contributed by atoms with van der Waals surface area (Å²) < 4.78 is 13.4. The second kappa shape index (κ2) is 8.52. The molecule has 3 heterocycles. The number of nitrogens with one attached hydrogen (secondary N) is 2. The van der Waals surface area contributed by atoms with Crippen LogP contribution in [0.4, 0.5) is 9.18 Å². The van der Waals surface area contributed by atoms with Crippen LogP contribution in [0.5, 0.6) is 0 Å². The zero-order valence-electron chi connectivity index (χ0n) is 17.0. The molecule has 3 fully saturated rings. The van der Waals surface area contributed by atoms with E-state index in [-0.39, 0.29) is 34.8 Å². The standard InChI is InChI=1S/C20H26FN5O3S/c1-24-17-15(19(28)25(2)20(24)29)18(30-11-14(27)26-9-3-4-10-26)23-16(22-17)12-5-7-13(21)8-6-12/h5-8,15-18,22-23H,3-4,9-11H2,1-2H3. The smallest absolute Gasteiger partial charge is 0.327 e. The Kier molecular flexibility index (Phi) is 5.99. The number of likely N-dealkylation sites (tertiary alicyclic amines) is 1. The van der Waals surface area contributed by atoms with E-state index in [2.05, 4.69) is 10.6 Å². The van der Waals surface area contributed by atoms with Gasteiger partial charge in [-0.3, -0.25) is 25.1 Å². The van der Waals surface area contributed by atoms with E-state index in [1.54, 1.807) is 19.2 Å². The van der Waals surface area contributed by atoms with E-state index in [0.717, 1.165) is 36.4 Å². The maximum absolute atomic E-state index is 13.4. The van der Waals surface area contributed by atoms with Crippen molar-refractivity contribution in [3.05, 3.63) is 35.6 Å². The molecule has 0 radical (unpaired) electrons. The number of benzene rings is 1. The van der Waals surface area contributed by atoms with Crippen molar-refractivity contribution < 1.29 is 18.8 Å². The van der Waals surface area contributed by atoms with Crippen LogP contribution >= 0.6 is 11.8 Å². The van der Waals surface area contributed by atoms with Crippen LogP contribution in [-0.4, -0.2) is 77.0 Å². The molecule has 8 nitrogen and oxygen atoms in total. The van der Waals surface area contributed by atoms with Gasteiger partial charge in [0.05, 0.1) is 29.4 Å². The van der Waals surface area contributed by atoms with Gasteiger partial charge in [-0.25, -0.2) is 9.18 Å². The van der Waals surface area contributed by atoms with Gasteiger partial charge in [-0.1, -0.05) is 12.1 Å². The third-order valence-corrected chi connectivity index (χ3v) is 7.21. The summed E-state index contributed by atoms with van der Waals surface area (Å²) in [5.41, 5.74) is 0.790. The molecule has 4 unspecified atom stereocenters. The Bertz CT molecular complexity index is 832. The highest BCUT2D eigenvalue weighted by molar-refractivity contribution is 8.00. The molecule has 4 atom stereocenters. The summed E-state index contributed by atoms with van der Waals surface area (Å²) in [5.74, 6) is -0.853. The first-order chi connectivity index (χ1) is 14.4. The number of thioether (sulfide) groups is 1. The second-order valence-corrected chi connectivity index (χ2v) is 9.03. The molecule has 4 amide bonds. The third kappa shape index (κ3) is 3.91. The fourth-order valence-corrected chi connectivity index (χ4v) is 5.47. The Labute approximate surface area is 179 Å². The molecule has 4 rings (SSSR count). The SMILES string of the molecule is CN1C(=O)C2C(SCC(=O)N3CCCC3)NC(c3ccc(F)cc3)NC2N(C)C1=O. The summed E-state index contributed by atoms with van der Waals surface area (Å²) >= 11 is 1.39. The molecule has 0 spiro atoms. The van der Waals surface area contributed by atoms with Crippen molar-refractivity contribution in [2.75, 3.05) is 32.9 Å². The van der Waals surface area contributed by atoms with Crippen molar-refractivity contribution in [1.29, 1.82) is 0 Å². The molecule has 1 aromatic rings. The van der Waals surface area contributed by atoms with Crippen LogP contribution in [0.1, 0.15) is 24.6 Å². The second-order valence-electron chi connectivity index (χ2n) is 7.90. The van der Waals surface area contributed by atoms with Crippen LogP contribution in [0.3, 0.4) is 0 Å². The van der Waals surface area contributed by atoms with E-state index in [1.807, 2.05) is 4.90 Å². The summed E-state index contributed by atoms with van der Waals surface area (Å²) in [7, 11) is 3.13. The average Bonchev–Trinajstić information content (AvgIpc) is 3.29. The fraction of sp³-hybridized carbons (Fsp3) is 0.550. The monoisotopic (exact) mass is 435 g/mol. The van der Waals surface area contributed by atoms with Gasteiger partial charge in [0, 0.05) is 27.2 Å². The molecule has 0 saturated carbocycles. The van der Waals surface area contributed by atoms with E-state index < -0.39 is 18.2 Å². The van der Waals surface area contributed by atoms with Crippen LogP contribution in [-0.2, 0) is 9.59 Å². The van der Waals surface area contributed by atoms with Crippen molar-refractivity contribution >= 4 is 29.6 Å². The van der Waals surface area contributed by atoms with Crippen molar-refractivity contribution in [3.63, 3.8) is 0 Å². The zero-order chi connectivity index (χ0) is 21.4. The molecular formula is C20H26FN5O3S. The molecule has 3 aliphatic heterocycles. The number of amides is 4. The minimum absolute atomic E-state index is 0.0637. The summed E-state index contributed by atoms with van der Waals surface area (Å²) in [4.78, 5) is 42.5. The van der Waals surface area contributed by atoms with E-state index in [1.165, 1.54) is 35.8 Å². The minimum atomic E-state index is -0.550. The van der Waals surface area contributed by atoms with Crippen LogP contribution in [0.15, 0.2) is 24.3 Å². The number of hydrogen-bond acceptors (Lipinski definition) is 6. The molecule has 162 valence electrons. The molecule has 30 heavy (non-hydrogen) atoms. The number of carbonyl (C=O) groups is 3. The summed E-state index contributed by atoms with van der Waals surface area (Å²) in [6.45, 7) is 1.56. The number of imide groups is 1. The minimum Gasteiger partial charge on any atom is -0.342 e. The molecule has 10 heteroatoms. The van der Waals surface area contributed by atoms with Crippen molar-refractivity contribution in [3.8, 4) is 0 Å². The van der Waals surface area contributed by atoms with Gasteiger partial charge >= 0.3 is 6.03 Å². The van der Waals surface area contributed by atoms with Crippen LogP contribution in [0.2, 0.25) is 0 Å². The zero-order valence-corrected chi connectivity index (χ0v) is 17.8. The van der Waals surface area contributed by atoms with E-state index in [4.69, 9.17) is 0 Å². The quantitative estimate of drug-likeness (QED) is 0.739. The highest BCUT2D eigenvalue weighted by atomic mass is 32.2. The number of rotatable bonds is 4. The highest BCUT2D eigenvalue weighted by Gasteiger charge is 2.51.